The van der Waals surface area contributed by atoms with E-state index in [0.717, 1.165) is 10.0 Å². The average Bonchev–Trinajstić information content (AvgIpc) is 3.37. The Hall–Kier alpha value is -2.89. The highest BCUT2D eigenvalue weighted by molar-refractivity contribution is 9.13. The molecule has 196 valence electrons. The summed E-state index contributed by atoms with van der Waals surface area (Å²) in [6.07, 6.45) is 1.59. The van der Waals surface area contributed by atoms with Gasteiger partial charge in [-0.05, 0) is 73.8 Å². The molecule has 0 unspecified atom stereocenters. The number of halogens is 3. The van der Waals surface area contributed by atoms with Crippen LogP contribution >= 0.6 is 47.8 Å². The SMILES string of the molecule is COc1cc(C=Nn2c(C(C)C)nc3ccc(Br)cc3c2=O)c(Br)c(Br)c1OCc1ccc2c(c1)OCO2. The van der Waals surface area contributed by atoms with Crippen molar-refractivity contribution in [2.75, 3.05) is 13.9 Å². The Kier molecular flexibility index (Phi) is 7.78. The van der Waals surface area contributed by atoms with Crippen molar-refractivity contribution in [2.45, 2.75) is 26.4 Å². The van der Waals surface area contributed by atoms with E-state index in [9.17, 15) is 4.79 Å². The van der Waals surface area contributed by atoms with Crippen LogP contribution < -0.4 is 24.5 Å². The zero-order valence-electron chi connectivity index (χ0n) is 20.6. The molecule has 0 atom stereocenters. The van der Waals surface area contributed by atoms with E-state index in [-0.39, 0.29) is 24.9 Å². The van der Waals surface area contributed by atoms with Crippen LogP contribution in [0, 0.1) is 0 Å². The smallest absolute Gasteiger partial charge is 0.282 e. The Morgan fingerprint density at radius 2 is 1.87 bits per heavy atom. The third-order valence-electron chi connectivity index (χ3n) is 5.86. The summed E-state index contributed by atoms with van der Waals surface area (Å²) >= 11 is 10.7. The van der Waals surface area contributed by atoms with Crippen LogP contribution in [0.25, 0.3) is 10.9 Å². The van der Waals surface area contributed by atoms with E-state index in [4.69, 9.17) is 23.9 Å². The molecule has 0 amide bonds. The fraction of sp³-hybridized carbons (Fsp3) is 0.222. The summed E-state index contributed by atoms with van der Waals surface area (Å²) in [6.45, 7) is 4.45. The summed E-state index contributed by atoms with van der Waals surface area (Å²) in [4.78, 5) is 18.1. The number of hydrogen-bond donors (Lipinski definition) is 0. The van der Waals surface area contributed by atoms with Crippen molar-refractivity contribution >= 4 is 64.9 Å². The summed E-state index contributed by atoms with van der Waals surface area (Å²) in [5, 5.41) is 5.02. The highest BCUT2D eigenvalue weighted by Gasteiger charge is 2.19. The van der Waals surface area contributed by atoms with Crippen LogP contribution in [0.3, 0.4) is 0 Å². The van der Waals surface area contributed by atoms with Gasteiger partial charge in [0, 0.05) is 20.4 Å². The normalized spacial score (nSPS) is 12.6. The molecule has 0 spiro atoms. The van der Waals surface area contributed by atoms with Gasteiger partial charge < -0.3 is 18.9 Å². The molecule has 1 aliphatic rings. The predicted molar refractivity (Wildman–Crippen MR) is 156 cm³/mol. The first-order valence-corrected chi connectivity index (χ1v) is 14.0. The maximum absolute atomic E-state index is 13.4. The predicted octanol–water partition coefficient (Wildman–Crippen LogP) is 7.01. The van der Waals surface area contributed by atoms with Gasteiger partial charge in [0.2, 0.25) is 6.79 Å². The van der Waals surface area contributed by atoms with Crippen molar-refractivity contribution in [3.63, 3.8) is 0 Å². The summed E-state index contributed by atoms with van der Waals surface area (Å²) in [5.41, 5.74) is 1.98. The lowest BCUT2D eigenvalue weighted by molar-refractivity contribution is 0.174. The van der Waals surface area contributed by atoms with E-state index in [2.05, 4.69) is 52.9 Å². The minimum atomic E-state index is -0.248. The second kappa shape index (κ2) is 11.1. The number of nitrogens with zero attached hydrogens (tertiary/aromatic N) is 3. The van der Waals surface area contributed by atoms with Crippen LogP contribution in [-0.4, -0.2) is 29.8 Å². The van der Waals surface area contributed by atoms with Crippen LogP contribution in [-0.2, 0) is 6.61 Å². The molecule has 11 heteroatoms. The summed E-state index contributed by atoms with van der Waals surface area (Å²) < 4.78 is 26.1. The van der Waals surface area contributed by atoms with Crippen LogP contribution in [0.4, 0.5) is 0 Å². The molecule has 3 aromatic carbocycles. The molecule has 0 fully saturated rings. The molecule has 1 aliphatic heterocycles. The van der Waals surface area contributed by atoms with E-state index >= 15 is 0 Å². The van der Waals surface area contributed by atoms with Gasteiger partial charge >= 0.3 is 0 Å². The maximum Gasteiger partial charge on any atom is 0.282 e. The lowest BCUT2D eigenvalue weighted by Gasteiger charge is -2.16. The maximum atomic E-state index is 13.4. The molecule has 2 heterocycles. The number of hydrogen-bond acceptors (Lipinski definition) is 7. The monoisotopic (exact) mass is 705 g/mol. The summed E-state index contributed by atoms with van der Waals surface area (Å²) in [5.74, 6) is 2.96. The minimum absolute atomic E-state index is 0.0236. The fourth-order valence-electron chi connectivity index (χ4n) is 3.94. The van der Waals surface area contributed by atoms with Crippen molar-refractivity contribution < 1.29 is 18.9 Å². The van der Waals surface area contributed by atoms with Crippen molar-refractivity contribution in [2.24, 2.45) is 5.10 Å². The largest absolute Gasteiger partial charge is 0.493 e. The highest BCUT2D eigenvalue weighted by Crippen LogP contribution is 2.43. The molecule has 0 N–H and O–H groups in total. The zero-order chi connectivity index (χ0) is 27.0. The summed E-state index contributed by atoms with van der Waals surface area (Å²) in [6, 6.07) is 12.9. The number of ether oxygens (including phenoxy) is 4. The second-order valence-electron chi connectivity index (χ2n) is 8.75. The molecule has 5 rings (SSSR count). The Morgan fingerprint density at radius 1 is 1.08 bits per heavy atom. The number of methoxy groups -OCH3 is 1. The highest BCUT2D eigenvalue weighted by atomic mass is 79.9. The van der Waals surface area contributed by atoms with Crippen LogP contribution in [0.15, 0.2) is 65.8 Å². The molecule has 0 saturated heterocycles. The zero-order valence-corrected chi connectivity index (χ0v) is 25.4. The van der Waals surface area contributed by atoms with Crippen molar-refractivity contribution in [3.05, 3.63) is 83.2 Å². The van der Waals surface area contributed by atoms with Gasteiger partial charge in [-0.15, -0.1) is 0 Å². The molecule has 1 aromatic heterocycles. The van der Waals surface area contributed by atoms with Gasteiger partial charge in [-0.2, -0.15) is 9.78 Å². The first-order valence-electron chi connectivity index (χ1n) is 11.6. The van der Waals surface area contributed by atoms with E-state index in [1.165, 1.54) is 4.68 Å². The third kappa shape index (κ3) is 5.19. The lowest BCUT2D eigenvalue weighted by Crippen LogP contribution is -2.23. The van der Waals surface area contributed by atoms with Gasteiger partial charge in [-0.25, -0.2) is 4.98 Å². The van der Waals surface area contributed by atoms with Crippen molar-refractivity contribution in [3.8, 4) is 23.0 Å². The van der Waals surface area contributed by atoms with Crippen molar-refractivity contribution in [1.29, 1.82) is 0 Å². The van der Waals surface area contributed by atoms with Gasteiger partial charge in [0.05, 0.1) is 28.7 Å². The quantitative estimate of drug-likeness (QED) is 0.192. The number of benzene rings is 3. The van der Waals surface area contributed by atoms with E-state index < -0.39 is 0 Å². The Balaban J connectivity index is 1.48. The summed E-state index contributed by atoms with van der Waals surface area (Å²) in [7, 11) is 1.57. The standard InChI is InChI=1S/C27H22Br3N3O5/c1-14(2)26-32-19-6-5-17(28)10-18(19)27(34)33(26)31-11-16-9-22(35-3)25(24(30)23(16)29)36-12-15-4-7-20-21(8-15)38-13-37-20/h4-11,14H,12-13H2,1-3H3. The van der Waals surface area contributed by atoms with Gasteiger partial charge in [-0.3, -0.25) is 4.79 Å². The number of rotatable bonds is 7. The topological polar surface area (TPSA) is 84.2 Å². The molecule has 0 saturated carbocycles. The van der Waals surface area contributed by atoms with E-state index in [1.54, 1.807) is 25.5 Å². The van der Waals surface area contributed by atoms with Crippen LogP contribution in [0.5, 0.6) is 23.0 Å². The van der Waals surface area contributed by atoms with E-state index in [0.29, 0.717) is 54.2 Å². The molecular weight excluding hydrogens is 686 g/mol. The Bertz CT molecular complexity index is 1640. The molecule has 0 bridgehead atoms. The first kappa shape index (κ1) is 26.7. The lowest BCUT2D eigenvalue weighted by atomic mass is 10.2. The number of aromatic nitrogens is 2. The van der Waals surface area contributed by atoms with Gasteiger partial charge in [0.15, 0.2) is 23.0 Å². The molecule has 38 heavy (non-hydrogen) atoms. The average molecular weight is 708 g/mol. The Morgan fingerprint density at radius 3 is 2.63 bits per heavy atom. The minimum Gasteiger partial charge on any atom is -0.493 e. The molecule has 0 radical (unpaired) electrons. The van der Waals surface area contributed by atoms with Gasteiger partial charge in [0.1, 0.15) is 12.4 Å². The Labute approximate surface area is 244 Å². The number of fused-ring (bicyclic) bond motifs is 2. The van der Waals surface area contributed by atoms with Crippen LogP contribution in [0.2, 0.25) is 0 Å². The molecule has 4 aromatic rings. The molecular formula is C27H22Br3N3O5. The molecule has 8 nitrogen and oxygen atoms in total. The van der Waals surface area contributed by atoms with E-state index in [1.807, 2.05) is 44.2 Å². The van der Waals surface area contributed by atoms with Gasteiger partial charge in [-0.1, -0.05) is 35.8 Å². The van der Waals surface area contributed by atoms with Crippen LogP contribution in [0.1, 0.15) is 36.7 Å². The molecule has 0 aliphatic carbocycles. The first-order chi connectivity index (χ1) is 18.3. The fourth-order valence-corrected chi connectivity index (χ4v) is 5.24. The van der Waals surface area contributed by atoms with Crippen molar-refractivity contribution in [1.82, 2.24) is 9.66 Å². The second-order valence-corrected chi connectivity index (χ2v) is 11.3. The van der Waals surface area contributed by atoms with Gasteiger partial charge in [0.25, 0.3) is 5.56 Å². The third-order valence-corrected chi connectivity index (χ3v) is 8.49.